The molecule has 0 spiro atoms. The molecule has 2 aliphatic rings. The predicted octanol–water partition coefficient (Wildman–Crippen LogP) is 4.28. The molecular formula is C23H19F2N3O2. The third kappa shape index (κ3) is 3.01. The topological polar surface area (TPSA) is 79.3 Å². The molecule has 30 heavy (non-hydrogen) atoms. The van der Waals surface area contributed by atoms with Gasteiger partial charge in [0.2, 0.25) is 0 Å². The highest BCUT2D eigenvalue weighted by molar-refractivity contribution is 6.01. The Labute approximate surface area is 172 Å². The van der Waals surface area contributed by atoms with Crippen LogP contribution in [0.15, 0.2) is 65.1 Å². The Morgan fingerprint density at radius 3 is 2.53 bits per heavy atom. The second kappa shape index (κ2) is 7.64. The number of Topliss-reactive ketones (excluding diaryl/α,β-unsaturated/α-hetero) is 1. The average Bonchev–Trinajstić information content (AvgIpc) is 2.74. The van der Waals surface area contributed by atoms with Crippen molar-refractivity contribution in [1.82, 2.24) is 0 Å². The van der Waals surface area contributed by atoms with Crippen molar-refractivity contribution in [3.05, 3.63) is 82.3 Å². The summed E-state index contributed by atoms with van der Waals surface area (Å²) in [5.41, 5.74) is 7.45. The summed E-state index contributed by atoms with van der Waals surface area (Å²) in [4.78, 5) is 14.2. The van der Waals surface area contributed by atoms with Crippen LogP contribution in [0.3, 0.4) is 0 Å². The monoisotopic (exact) mass is 407 g/mol. The number of ether oxygens (including phenoxy) is 1. The summed E-state index contributed by atoms with van der Waals surface area (Å²) in [5.74, 6) is -2.04. The van der Waals surface area contributed by atoms with Gasteiger partial charge >= 0.3 is 0 Å². The van der Waals surface area contributed by atoms with E-state index in [0.717, 1.165) is 12.1 Å². The molecular weight excluding hydrogens is 388 g/mol. The van der Waals surface area contributed by atoms with E-state index < -0.39 is 17.6 Å². The average molecular weight is 407 g/mol. The van der Waals surface area contributed by atoms with Gasteiger partial charge in [0, 0.05) is 17.7 Å². The lowest BCUT2D eigenvalue weighted by atomic mass is 9.75. The van der Waals surface area contributed by atoms with Crippen LogP contribution in [0.5, 0.6) is 5.75 Å². The van der Waals surface area contributed by atoms with Gasteiger partial charge in [-0.05, 0) is 42.7 Å². The van der Waals surface area contributed by atoms with Crippen LogP contribution in [0.25, 0.3) is 0 Å². The number of halogens is 2. The van der Waals surface area contributed by atoms with Crippen LogP contribution in [0.1, 0.15) is 30.7 Å². The minimum atomic E-state index is -0.819. The Hall–Kier alpha value is -3.66. The molecule has 1 atom stereocenters. The second-order valence-corrected chi connectivity index (χ2v) is 7.16. The zero-order chi connectivity index (χ0) is 21.4. The molecule has 1 unspecified atom stereocenters. The highest BCUT2D eigenvalue weighted by atomic mass is 19.1. The van der Waals surface area contributed by atoms with E-state index >= 15 is 0 Å². The number of nitriles is 1. The summed E-state index contributed by atoms with van der Waals surface area (Å²) in [7, 11) is 1.52. The number of ketones is 1. The lowest BCUT2D eigenvalue weighted by Gasteiger charge is -2.39. The van der Waals surface area contributed by atoms with Gasteiger partial charge in [-0.15, -0.1) is 0 Å². The van der Waals surface area contributed by atoms with Crippen LogP contribution in [-0.4, -0.2) is 12.9 Å². The molecule has 2 N–H and O–H groups in total. The largest absolute Gasteiger partial charge is 0.497 e. The zero-order valence-corrected chi connectivity index (χ0v) is 16.3. The van der Waals surface area contributed by atoms with Crippen molar-refractivity contribution in [3.8, 4) is 11.8 Å². The molecule has 152 valence electrons. The third-order valence-electron chi connectivity index (χ3n) is 5.50. The molecule has 5 nitrogen and oxygen atoms in total. The number of carbonyl (C=O) groups is 1. The van der Waals surface area contributed by atoms with Gasteiger partial charge in [-0.25, -0.2) is 8.78 Å². The fourth-order valence-corrected chi connectivity index (χ4v) is 4.20. The molecule has 7 heteroatoms. The fourth-order valence-electron chi connectivity index (χ4n) is 4.20. The van der Waals surface area contributed by atoms with E-state index in [1.54, 1.807) is 24.3 Å². The molecule has 1 aliphatic carbocycles. The van der Waals surface area contributed by atoms with Gasteiger partial charge in [0.25, 0.3) is 0 Å². The Kier molecular flexibility index (Phi) is 5.00. The Morgan fingerprint density at radius 2 is 1.87 bits per heavy atom. The van der Waals surface area contributed by atoms with Crippen molar-refractivity contribution in [1.29, 1.82) is 5.26 Å². The van der Waals surface area contributed by atoms with Crippen LogP contribution in [0.2, 0.25) is 0 Å². The molecule has 2 aromatic carbocycles. The number of allylic oxidation sites excluding steroid dienone is 3. The number of anilines is 1. The van der Waals surface area contributed by atoms with Crippen LogP contribution < -0.4 is 15.4 Å². The summed E-state index contributed by atoms with van der Waals surface area (Å²) in [6.07, 6.45) is 1.24. The number of benzene rings is 2. The SMILES string of the molecule is COc1cccc(C2C(C#N)=C(N)N(c3c(F)cccc3F)C3=C2C(=O)CCC3)c1. The Bertz CT molecular complexity index is 1130. The van der Waals surface area contributed by atoms with E-state index in [4.69, 9.17) is 10.5 Å². The highest BCUT2D eigenvalue weighted by Crippen LogP contribution is 2.47. The molecule has 0 bridgehead atoms. The van der Waals surface area contributed by atoms with E-state index in [9.17, 15) is 18.8 Å². The number of hydrogen-bond acceptors (Lipinski definition) is 5. The molecule has 2 aromatic rings. The van der Waals surface area contributed by atoms with Crippen molar-refractivity contribution in [2.75, 3.05) is 12.0 Å². The van der Waals surface area contributed by atoms with Crippen molar-refractivity contribution in [3.63, 3.8) is 0 Å². The first-order valence-electron chi connectivity index (χ1n) is 9.52. The second-order valence-electron chi connectivity index (χ2n) is 7.16. The number of hydrogen-bond donors (Lipinski definition) is 1. The van der Waals surface area contributed by atoms with Gasteiger partial charge in [0.05, 0.1) is 24.7 Å². The van der Waals surface area contributed by atoms with E-state index in [2.05, 4.69) is 6.07 Å². The van der Waals surface area contributed by atoms with Crippen LogP contribution >= 0.6 is 0 Å². The quantitative estimate of drug-likeness (QED) is 0.822. The number of carbonyl (C=O) groups excluding carboxylic acids is 1. The molecule has 0 aromatic heterocycles. The summed E-state index contributed by atoms with van der Waals surface area (Å²) in [6, 6.07) is 12.6. The maximum Gasteiger partial charge on any atom is 0.161 e. The molecule has 0 fully saturated rings. The molecule has 0 radical (unpaired) electrons. The summed E-state index contributed by atoms with van der Waals surface area (Å²) in [6.45, 7) is 0. The Balaban J connectivity index is 2.01. The number of nitrogens with zero attached hydrogens (tertiary/aromatic N) is 2. The fraction of sp³-hybridized carbons (Fsp3) is 0.217. The lowest BCUT2D eigenvalue weighted by molar-refractivity contribution is -0.116. The minimum absolute atomic E-state index is 0.0694. The summed E-state index contributed by atoms with van der Waals surface area (Å²) >= 11 is 0. The third-order valence-corrected chi connectivity index (χ3v) is 5.50. The number of rotatable bonds is 3. The van der Waals surface area contributed by atoms with E-state index in [-0.39, 0.29) is 22.9 Å². The standard InChI is InChI=1S/C23H19F2N3O2/c1-30-14-6-2-5-13(11-14)20-15(12-26)23(27)28(18-9-4-10-19(29)21(18)20)22-16(24)7-3-8-17(22)25/h2-3,5-8,11,20H,4,9-10,27H2,1H3. The first-order chi connectivity index (χ1) is 14.5. The zero-order valence-electron chi connectivity index (χ0n) is 16.3. The van der Waals surface area contributed by atoms with Gasteiger partial charge in [-0.2, -0.15) is 5.26 Å². The van der Waals surface area contributed by atoms with Crippen molar-refractivity contribution >= 4 is 11.5 Å². The summed E-state index contributed by atoms with van der Waals surface area (Å²) in [5, 5.41) is 9.93. The maximum atomic E-state index is 14.6. The number of methoxy groups -OCH3 is 1. The minimum Gasteiger partial charge on any atom is -0.497 e. The first-order valence-corrected chi connectivity index (χ1v) is 9.52. The van der Waals surface area contributed by atoms with E-state index in [0.29, 0.717) is 41.8 Å². The Morgan fingerprint density at radius 1 is 1.17 bits per heavy atom. The maximum absolute atomic E-state index is 14.6. The number of para-hydroxylation sites is 1. The van der Waals surface area contributed by atoms with Crippen molar-refractivity contribution < 1.29 is 18.3 Å². The van der Waals surface area contributed by atoms with E-state index in [1.807, 2.05) is 0 Å². The molecule has 4 rings (SSSR count). The van der Waals surface area contributed by atoms with Gasteiger partial charge < -0.3 is 10.5 Å². The van der Waals surface area contributed by atoms with Gasteiger partial charge in [0.15, 0.2) is 5.78 Å². The molecule has 0 saturated carbocycles. The first kappa shape index (κ1) is 19.6. The smallest absolute Gasteiger partial charge is 0.161 e. The van der Waals surface area contributed by atoms with Crippen LogP contribution in [-0.2, 0) is 4.79 Å². The molecule has 1 heterocycles. The van der Waals surface area contributed by atoms with Gasteiger partial charge in [-0.3, -0.25) is 9.69 Å². The normalized spacial score (nSPS) is 18.9. The highest BCUT2D eigenvalue weighted by Gasteiger charge is 2.41. The lowest BCUT2D eigenvalue weighted by Crippen LogP contribution is -2.39. The van der Waals surface area contributed by atoms with Crippen molar-refractivity contribution in [2.45, 2.75) is 25.2 Å². The number of nitrogens with two attached hydrogens (primary N) is 1. The van der Waals surface area contributed by atoms with Gasteiger partial charge in [0.1, 0.15) is 28.9 Å². The van der Waals surface area contributed by atoms with Crippen molar-refractivity contribution in [2.24, 2.45) is 5.73 Å². The van der Waals surface area contributed by atoms with Crippen LogP contribution in [0, 0.1) is 23.0 Å². The van der Waals surface area contributed by atoms with Gasteiger partial charge in [-0.1, -0.05) is 18.2 Å². The van der Waals surface area contributed by atoms with Crippen LogP contribution in [0.4, 0.5) is 14.5 Å². The molecule has 0 saturated heterocycles. The predicted molar refractivity (Wildman–Crippen MR) is 107 cm³/mol. The molecule has 0 amide bonds. The summed E-state index contributed by atoms with van der Waals surface area (Å²) < 4.78 is 34.6. The van der Waals surface area contributed by atoms with E-state index in [1.165, 1.54) is 18.1 Å². The molecule has 1 aliphatic heterocycles.